The van der Waals surface area contributed by atoms with Crippen molar-refractivity contribution in [3.05, 3.63) is 83.5 Å². The zero-order valence-electron chi connectivity index (χ0n) is 17.6. The minimum atomic E-state index is 0.745. The number of benzene rings is 3. The molecule has 0 saturated carbocycles. The minimum Gasteiger partial charge on any atom is -0.326 e. The highest BCUT2D eigenvalue weighted by Gasteiger charge is 2.14. The highest BCUT2D eigenvalue weighted by atomic mass is 35.5. The van der Waals surface area contributed by atoms with Gasteiger partial charge in [-0.3, -0.25) is 4.98 Å². The monoisotopic (exact) mass is 478 g/mol. The van der Waals surface area contributed by atoms with Gasteiger partial charge in [-0.25, -0.2) is 4.72 Å². The van der Waals surface area contributed by atoms with E-state index in [2.05, 4.69) is 81.3 Å². The molecule has 2 heterocycles. The lowest BCUT2D eigenvalue weighted by Crippen LogP contribution is -2.29. The van der Waals surface area contributed by atoms with E-state index in [4.69, 9.17) is 16.6 Å². The second-order valence-electron chi connectivity index (χ2n) is 7.67. The summed E-state index contributed by atoms with van der Waals surface area (Å²) in [5.41, 5.74) is 5.46. The molecule has 4 nitrogen and oxygen atoms in total. The van der Waals surface area contributed by atoms with Crippen molar-refractivity contribution in [3.8, 4) is 11.3 Å². The quantitative estimate of drug-likeness (QED) is 0.292. The van der Waals surface area contributed by atoms with Gasteiger partial charge in [0.25, 0.3) is 0 Å². The average Bonchev–Trinajstić information content (AvgIpc) is 2.84. The predicted molar refractivity (Wildman–Crippen MR) is 140 cm³/mol. The van der Waals surface area contributed by atoms with Gasteiger partial charge in [0.05, 0.1) is 10.7 Å². The van der Waals surface area contributed by atoms with E-state index < -0.39 is 0 Å². The number of fused-ring (bicyclic) bond motifs is 1. The molecule has 0 aliphatic carbocycles. The number of anilines is 2. The lowest BCUT2D eigenvalue weighted by Gasteiger charge is -2.27. The number of aromatic nitrogens is 1. The van der Waals surface area contributed by atoms with Crippen LogP contribution in [0.4, 0.5) is 11.4 Å². The molecule has 32 heavy (non-hydrogen) atoms. The largest absolute Gasteiger partial charge is 0.326 e. The van der Waals surface area contributed by atoms with Gasteiger partial charge in [-0.15, -0.1) is 0 Å². The zero-order valence-corrected chi connectivity index (χ0v) is 20.0. The molecule has 0 bridgehead atoms. The molecule has 7 heteroatoms. The Labute approximate surface area is 202 Å². The van der Waals surface area contributed by atoms with Crippen molar-refractivity contribution in [1.82, 2.24) is 9.71 Å². The van der Waals surface area contributed by atoms with Crippen LogP contribution in [0.15, 0.2) is 77.8 Å². The number of halogens is 1. The van der Waals surface area contributed by atoms with Crippen molar-refractivity contribution in [3.63, 3.8) is 0 Å². The molecule has 0 atom stereocenters. The number of nitrogens with one attached hydrogen (secondary N) is 2. The summed E-state index contributed by atoms with van der Waals surface area (Å²) in [6.45, 7) is 4.19. The third-order valence-electron chi connectivity index (χ3n) is 5.46. The Kier molecular flexibility index (Phi) is 6.46. The Morgan fingerprint density at radius 1 is 1.09 bits per heavy atom. The van der Waals surface area contributed by atoms with Gasteiger partial charge in [0.2, 0.25) is 0 Å². The van der Waals surface area contributed by atoms with E-state index in [1.54, 1.807) is 12.1 Å². The first kappa shape index (κ1) is 21.5. The van der Waals surface area contributed by atoms with Crippen LogP contribution in [0.5, 0.6) is 0 Å². The number of pyridine rings is 1. The van der Waals surface area contributed by atoms with E-state index >= 15 is 0 Å². The minimum absolute atomic E-state index is 0.745. The van der Waals surface area contributed by atoms with E-state index in [9.17, 15) is 0 Å². The van der Waals surface area contributed by atoms with Gasteiger partial charge in [-0.05, 0) is 72.6 Å². The first-order chi connectivity index (χ1) is 15.7. The molecule has 0 unspecified atom stereocenters. The first-order valence-electron chi connectivity index (χ1n) is 10.5. The summed E-state index contributed by atoms with van der Waals surface area (Å²) >= 11 is 9.77. The van der Waals surface area contributed by atoms with Crippen LogP contribution >= 0.6 is 35.7 Å². The fourth-order valence-electron chi connectivity index (χ4n) is 3.76. The molecule has 0 amide bonds. The second-order valence-corrected chi connectivity index (χ2v) is 9.84. The summed E-state index contributed by atoms with van der Waals surface area (Å²) in [7, 11) is 0. The van der Waals surface area contributed by atoms with Crippen LogP contribution in [0, 0.1) is 6.92 Å². The molecule has 3 aromatic carbocycles. The molecule has 1 aliphatic rings. The van der Waals surface area contributed by atoms with E-state index in [0.717, 1.165) is 57.4 Å². The molecule has 1 fully saturated rings. The molecule has 162 valence electrons. The maximum atomic E-state index is 6.61. The topological polar surface area (TPSA) is 40.2 Å². The van der Waals surface area contributed by atoms with E-state index in [0.29, 0.717) is 0 Å². The highest BCUT2D eigenvalue weighted by molar-refractivity contribution is 8.00. The smallest absolute Gasteiger partial charge is 0.0783 e. The van der Waals surface area contributed by atoms with Gasteiger partial charge in [0, 0.05) is 58.6 Å². The summed E-state index contributed by atoms with van der Waals surface area (Å²) in [5, 5.41) is 3.10. The van der Waals surface area contributed by atoms with Gasteiger partial charge < -0.3 is 9.03 Å². The molecule has 1 saturated heterocycles. The molecule has 1 aliphatic heterocycles. The normalized spacial score (nSPS) is 14.0. The summed E-state index contributed by atoms with van der Waals surface area (Å²) in [4.78, 5) is 5.69. The Hall–Kier alpha value is -2.38. The predicted octanol–water partition coefficient (Wildman–Crippen LogP) is 7.35. The highest BCUT2D eigenvalue weighted by Crippen LogP contribution is 2.35. The lowest BCUT2D eigenvalue weighted by molar-refractivity contribution is 0.777. The van der Waals surface area contributed by atoms with E-state index in [1.165, 1.54) is 22.9 Å². The van der Waals surface area contributed by atoms with Gasteiger partial charge in [0.1, 0.15) is 0 Å². The Morgan fingerprint density at radius 2 is 2.00 bits per heavy atom. The van der Waals surface area contributed by atoms with Gasteiger partial charge in [-0.2, -0.15) is 0 Å². The third kappa shape index (κ3) is 4.55. The van der Waals surface area contributed by atoms with Crippen molar-refractivity contribution in [2.45, 2.75) is 18.2 Å². The fourth-order valence-corrected chi connectivity index (χ4v) is 5.53. The maximum absolute atomic E-state index is 6.61. The zero-order chi connectivity index (χ0) is 21.9. The van der Waals surface area contributed by atoms with Crippen molar-refractivity contribution in [2.75, 3.05) is 22.1 Å². The van der Waals surface area contributed by atoms with Crippen LogP contribution in [0.3, 0.4) is 0 Å². The average molecular weight is 479 g/mol. The Morgan fingerprint density at radius 3 is 2.84 bits per heavy atom. The fraction of sp³-hybridized carbons (Fsp3) is 0.160. The lowest BCUT2D eigenvalue weighted by atomic mass is 10.00. The standard InChI is InChI=1S/C25H23ClN4S2/c1-17-7-8-19(15-22(17)25-21-6-3-2-5-18(21)11-13-27-25)29-31-24-10-9-20(16-23(24)26)30-14-4-12-28-32-30/h2-3,5-11,13,15-16,28-29H,4,12,14H2,1H3. The summed E-state index contributed by atoms with van der Waals surface area (Å²) in [6, 6.07) is 23.0. The summed E-state index contributed by atoms with van der Waals surface area (Å²) < 4.78 is 9.02. The Balaban J connectivity index is 1.37. The molecular weight excluding hydrogens is 456 g/mol. The van der Waals surface area contributed by atoms with E-state index in [-0.39, 0.29) is 0 Å². The van der Waals surface area contributed by atoms with Crippen LogP contribution in [-0.4, -0.2) is 18.1 Å². The maximum Gasteiger partial charge on any atom is 0.0783 e. The van der Waals surface area contributed by atoms with Crippen LogP contribution in [0.2, 0.25) is 5.02 Å². The number of nitrogens with zero attached hydrogens (tertiary/aromatic N) is 2. The van der Waals surface area contributed by atoms with Gasteiger partial charge in [-0.1, -0.05) is 41.9 Å². The molecule has 4 aromatic rings. The van der Waals surface area contributed by atoms with Crippen LogP contribution in [0.1, 0.15) is 12.0 Å². The van der Waals surface area contributed by atoms with E-state index in [1.807, 2.05) is 12.3 Å². The molecule has 0 spiro atoms. The SMILES string of the molecule is Cc1ccc(NSc2ccc(N3CCCNS3)cc2Cl)cc1-c1nccc2ccccc12. The third-order valence-corrected chi connectivity index (χ3v) is 7.75. The van der Waals surface area contributed by atoms with Crippen LogP contribution in [-0.2, 0) is 0 Å². The summed E-state index contributed by atoms with van der Waals surface area (Å²) in [5.74, 6) is 0. The molecule has 0 radical (unpaired) electrons. The molecular formula is C25H23ClN4S2. The number of aryl methyl sites for hydroxylation is 1. The van der Waals surface area contributed by atoms with Crippen molar-refractivity contribution >= 4 is 57.8 Å². The van der Waals surface area contributed by atoms with Crippen molar-refractivity contribution < 1.29 is 0 Å². The molecule has 2 N–H and O–H groups in total. The van der Waals surface area contributed by atoms with Crippen LogP contribution in [0.25, 0.3) is 22.0 Å². The van der Waals surface area contributed by atoms with Crippen LogP contribution < -0.4 is 13.7 Å². The first-order valence-corrected chi connectivity index (χ1v) is 12.5. The number of hydrogen-bond acceptors (Lipinski definition) is 6. The molecule has 1 aromatic heterocycles. The van der Waals surface area contributed by atoms with Crippen molar-refractivity contribution in [1.29, 1.82) is 0 Å². The number of rotatable bonds is 5. The molecule has 5 rings (SSSR count). The Bertz CT molecular complexity index is 1250. The second kappa shape index (κ2) is 9.63. The van der Waals surface area contributed by atoms with Gasteiger partial charge in [0.15, 0.2) is 0 Å². The van der Waals surface area contributed by atoms with Gasteiger partial charge >= 0.3 is 0 Å². The summed E-state index contributed by atoms with van der Waals surface area (Å²) in [6.07, 6.45) is 3.01. The van der Waals surface area contributed by atoms with Crippen molar-refractivity contribution in [2.24, 2.45) is 0 Å². The number of hydrogen-bond donors (Lipinski definition) is 2.